The fraction of sp³-hybridized carbons (Fsp3) is 0.714. The highest BCUT2D eigenvalue weighted by atomic mass is 32.2. The molecule has 0 bridgehead atoms. The number of thioether (sulfide) groups is 1. The van der Waals surface area contributed by atoms with Gasteiger partial charge in [-0.3, -0.25) is 4.90 Å². The lowest BCUT2D eigenvalue weighted by Crippen LogP contribution is -2.52. The Morgan fingerprint density at radius 2 is 2.03 bits per heavy atom. The van der Waals surface area contributed by atoms with Crippen LogP contribution in [-0.4, -0.2) is 88.7 Å². The van der Waals surface area contributed by atoms with Crippen LogP contribution in [0.2, 0.25) is 0 Å². The minimum absolute atomic E-state index is 0.116. The molecular weight excluding hydrogens is 386 g/mol. The molecule has 5 rings (SSSR count). The SMILES string of the molecule is CSc1ncnn2c([C@H]3CC[C@@H](CN4CCOC[C@H]4CN4CCCC4)O3)ccc12. The minimum Gasteiger partial charge on any atom is -0.378 e. The minimum atomic E-state index is 0.116. The lowest BCUT2D eigenvalue weighted by atomic mass is 10.1. The van der Waals surface area contributed by atoms with Crippen molar-refractivity contribution in [1.29, 1.82) is 0 Å². The molecule has 3 fully saturated rings. The average molecular weight is 418 g/mol. The number of nitrogens with zero attached hydrogens (tertiary/aromatic N) is 5. The molecule has 8 heteroatoms. The fourth-order valence-electron chi connectivity index (χ4n) is 5.01. The van der Waals surface area contributed by atoms with Gasteiger partial charge in [-0.1, -0.05) is 0 Å². The molecule has 0 radical (unpaired) electrons. The van der Waals surface area contributed by atoms with E-state index in [2.05, 4.69) is 38.3 Å². The molecular formula is C21H31N5O2S. The summed E-state index contributed by atoms with van der Waals surface area (Å²) in [6, 6.07) is 4.77. The Bertz CT molecular complexity index is 825. The number of aromatic nitrogens is 3. The Morgan fingerprint density at radius 3 is 2.90 bits per heavy atom. The highest BCUT2D eigenvalue weighted by Crippen LogP contribution is 2.35. The van der Waals surface area contributed by atoms with E-state index in [-0.39, 0.29) is 12.2 Å². The predicted molar refractivity (Wildman–Crippen MR) is 113 cm³/mol. The second-order valence-corrected chi connectivity index (χ2v) is 9.17. The first kappa shape index (κ1) is 19.8. The number of hydrogen-bond acceptors (Lipinski definition) is 7. The zero-order valence-corrected chi connectivity index (χ0v) is 18.0. The van der Waals surface area contributed by atoms with E-state index in [0.29, 0.717) is 6.04 Å². The van der Waals surface area contributed by atoms with E-state index >= 15 is 0 Å². The second-order valence-electron chi connectivity index (χ2n) is 8.38. The van der Waals surface area contributed by atoms with Gasteiger partial charge in [0.1, 0.15) is 17.5 Å². The Balaban J connectivity index is 1.23. The van der Waals surface area contributed by atoms with Gasteiger partial charge in [-0.15, -0.1) is 11.8 Å². The molecule has 29 heavy (non-hydrogen) atoms. The van der Waals surface area contributed by atoms with Gasteiger partial charge in [-0.25, -0.2) is 9.50 Å². The maximum absolute atomic E-state index is 6.52. The maximum atomic E-state index is 6.52. The smallest absolute Gasteiger partial charge is 0.137 e. The van der Waals surface area contributed by atoms with Gasteiger partial charge in [0, 0.05) is 25.7 Å². The summed E-state index contributed by atoms with van der Waals surface area (Å²) in [6.07, 6.45) is 8.94. The van der Waals surface area contributed by atoms with E-state index in [1.54, 1.807) is 18.1 Å². The third-order valence-corrected chi connectivity index (χ3v) is 7.23. The first-order valence-corrected chi connectivity index (χ1v) is 12.1. The van der Waals surface area contributed by atoms with Crippen LogP contribution in [0.4, 0.5) is 0 Å². The van der Waals surface area contributed by atoms with E-state index in [4.69, 9.17) is 9.47 Å². The van der Waals surface area contributed by atoms with Crippen LogP contribution < -0.4 is 0 Å². The number of likely N-dealkylation sites (tertiary alicyclic amines) is 1. The summed E-state index contributed by atoms with van der Waals surface area (Å²) < 4.78 is 14.3. The van der Waals surface area contributed by atoms with Crippen LogP contribution in [0.3, 0.4) is 0 Å². The molecule has 0 N–H and O–H groups in total. The van der Waals surface area contributed by atoms with Crippen molar-refractivity contribution >= 4 is 17.3 Å². The monoisotopic (exact) mass is 417 g/mol. The van der Waals surface area contributed by atoms with Crippen molar-refractivity contribution in [2.75, 3.05) is 52.2 Å². The van der Waals surface area contributed by atoms with Gasteiger partial charge in [0.05, 0.1) is 30.5 Å². The van der Waals surface area contributed by atoms with E-state index in [9.17, 15) is 0 Å². The Hall–Kier alpha value is -1.19. The van der Waals surface area contributed by atoms with Crippen molar-refractivity contribution in [2.45, 2.75) is 49.0 Å². The molecule has 2 aromatic rings. The van der Waals surface area contributed by atoms with Crippen molar-refractivity contribution in [3.8, 4) is 0 Å². The van der Waals surface area contributed by atoms with E-state index < -0.39 is 0 Å². The summed E-state index contributed by atoms with van der Waals surface area (Å²) in [6.45, 7) is 7.33. The normalized spacial score (nSPS) is 29.2. The van der Waals surface area contributed by atoms with Crippen molar-refractivity contribution < 1.29 is 9.47 Å². The van der Waals surface area contributed by atoms with Gasteiger partial charge in [-0.05, 0) is 57.2 Å². The second kappa shape index (κ2) is 8.89. The maximum Gasteiger partial charge on any atom is 0.137 e. The molecule has 3 aliphatic rings. The molecule has 0 aromatic carbocycles. The topological polar surface area (TPSA) is 55.1 Å². The fourth-order valence-corrected chi connectivity index (χ4v) is 5.53. The lowest BCUT2D eigenvalue weighted by molar-refractivity contribution is -0.0486. The number of ether oxygens (including phenoxy) is 2. The number of rotatable bonds is 6. The van der Waals surface area contributed by atoms with Crippen molar-refractivity contribution in [2.24, 2.45) is 0 Å². The quantitative estimate of drug-likeness (QED) is 0.669. The van der Waals surface area contributed by atoms with Crippen LogP contribution in [0.5, 0.6) is 0 Å². The van der Waals surface area contributed by atoms with Crippen molar-refractivity contribution in [3.05, 3.63) is 24.2 Å². The van der Waals surface area contributed by atoms with Gasteiger partial charge in [-0.2, -0.15) is 5.10 Å². The molecule has 3 saturated heterocycles. The standard InChI is InChI=1S/C21H31N5O2S/c1-29-21-19-6-5-18(26(19)23-15-22-21)20-7-4-17(28-20)13-25-10-11-27-14-16(25)12-24-8-2-3-9-24/h5-6,15-17,20H,2-4,7-14H2,1H3/t16-,17+,20-/m1/s1. The zero-order chi connectivity index (χ0) is 19.6. The summed E-state index contributed by atoms with van der Waals surface area (Å²) in [5, 5.41) is 5.50. The molecule has 3 aliphatic heterocycles. The summed E-state index contributed by atoms with van der Waals surface area (Å²) in [5.41, 5.74) is 2.22. The number of hydrogen-bond donors (Lipinski definition) is 0. The number of morpholine rings is 1. The molecule has 0 spiro atoms. The highest BCUT2D eigenvalue weighted by molar-refractivity contribution is 7.98. The summed E-state index contributed by atoms with van der Waals surface area (Å²) in [7, 11) is 0. The van der Waals surface area contributed by atoms with Crippen molar-refractivity contribution in [3.63, 3.8) is 0 Å². The van der Waals surface area contributed by atoms with Gasteiger partial charge in [0.2, 0.25) is 0 Å². The highest BCUT2D eigenvalue weighted by Gasteiger charge is 2.33. The lowest BCUT2D eigenvalue weighted by Gasteiger charge is -2.38. The first-order valence-electron chi connectivity index (χ1n) is 10.9. The molecule has 0 aliphatic carbocycles. The van der Waals surface area contributed by atoms with Gasteiger partial charge >= 0.3 is 0 Å². The van der Waals surface area contributed by atoms with Gasteiger partial charge < -0.3 is 14.4 Å². The third kappa shape index (κ3) is 4.18. The largest absolute Gasteiger partial charge is 0.378 e. The van der Waals surface area contributed by atoms with Gasteiger partial charge in [0.25, 0.3) is 0 Å². The Labute approximate surface area is 176 Å². The average Bonchev–Trinajstić information content (AvgIpc) is 3.49. The van der Waals surface area contributed by atoms with Crippen molar-refractivity contribution in [1.82, 2.24) is 24.4 Å². The summed E-state index contributed by atoms with van der Waals surface area (Å²) in [4.78, 5) is 9.58. The van der Waals surface area contributed by atoms with Crippen LogP contribution in [0.1, 0.15) is 37.5 Å². The van der Waals surface area contributed by atoms with Crippen LogP contribution in [-0.2, 0) is 9.47 Å². The van der Waals surface area contributed by atoms with Crippen LogP contribution in [0.25, 0.3) is 5.52 Å². The van der Waals surface area contributed by atoms with E-state index in [1.165, 1.54) is 25.9 Å². The van der Waals surface area contributed by atoms with E-state index in [0.717, 1.165) is 61.9 Å². The van der Waals surface area contributed by atoms with Crippen LogP contribution in [0.15, 0.2) is 23.5 Å². The summed E-state index contributed by atoms with van der Waals surface area (Å²) in [5.74, 6) is 0. The van der Waals surface area contributed by atoms with Crippen LogP contribution >= 0.6 is 11.8 Å². The third-order valence-electron chi connectivity index (χ3n) is 6.53. The number of fused-ring (bicyclic) bond motifs is 1. The predicted octanol–water partition coefficient (Wildman–Crippen LogP) is 2.47. The molecule has 7 nitrogen and oxygen atoms in total. The van der Waals surface area contributed by atoms with E-state index in [1.807, 2.05) is 4.52 Å². The first-order chi connectivity index (χ1) is 14.3. The van der Waals surface area contributed by atoms with Crippen LogP contribution in [0, 0.1) is 0 Å². The molecule has 2 aromatic heterocycles. The molecule has 0 saturated carbocycles. The molecule has 5 heterocycles. The Morgan fingerprint density at radius 1 is 1.14 bits per heavy atom. The summed E-state index contributed by atoms with van der Waals surface area (Å²) >= 11 is 1.66. The Kier molecular flexibility index (Phi) is 6.06. The zero-order valence-electron chi connectivity index (χ0n) is 17.2. The molecule has 0 amide bonds. The molecule has 158 valence electrons. The molecule has 3 atom stereocenters. The van der Waals surface area contributed by atoms with Gasteiger partial charge in [0.15, 0.2) is 0 Å². The molecule has 0 unspecified atom stereocenters.